The molecule has 2 heterocycles. The molecule has 0 radical (unpaired) electrons. The molecule has 0 bridgehead atoms. The summed E-state index contributed by atoms with van der Waals surface area (Å²) in [6.07, 6.45) is 3.98. The van der Waals surface area contributed by atoms with Gasteiger partial charge < -0.3 is 10.1 Å². The van der Waals surface area contributed by atoms with Crippen LogP contribution in [0.1, 0.15) is 40.1 Å². The molecule has 2 aromatic carbocycles. The minimum absolute atomic E-state index is 0.129. The highest BCUT2D eigenvalue weighted by Gasteiger charge is 2.12. The van der Waals surface area contributed by atoms with Crippen LogP contribution in [0, 0.1) is 11.8 Å². The number of pyridine rings is 2. The summed E-state index contributed by atoms with van der Waals surface area (Å²) in [6.45, 7) is 1.92. The van der Waals surface area contributed by atoms with Crippen LogP contribution in [0.5, 0.6) is 11.6 Å². The van der Waals surface area contributed by atoms with Crippen molar-refractivity contribution < 1.29 is 9.53 Å². The Balaban J connectivity index is 1.41. The predicted molar refractivity (Wildman–Crippen MR) is 128 cm³/mol. The van der Waals surface area contributed by atoms with Crippen molar-refractivity contribution in [3.8, 4) is 23.5 Å². The first-order valence-corrected chi connectivity index (χ1v) is 10.7. The molecule has 0 aliphatic rings. The van der Waals surface area contributed by atoms with Gasteiger partial charge in [0.2, 0.25) is 5.88 Å². The summed E-state index contributed by atoms with van der Waals surface area (Å²) in [4.78, 5) is 21.0. The number of ether oxygens (including phenoxy) is 1. The fraction of sp³-hybridized carbons (Fsp3) is 0.107. The number of hydrogen-bond acceptors (Lipinski definition) is 4. The van der Waals surface area contributed by atoms with E-state index >= 15 is 0 Å². The zero-order valence-electron chi connectivity index (χ0n) is 18.2. The van der Waals surface area contributed by atoms with Crippen LogP contribution < -0.4 is 10.1 Å². The van der Waals surface area contributed by atoms with Gasteiger partial charge in [0.15, 0.2) is 0 Å². The average Bonchev–Trinajstić information content (AvgIpc) is 2.86. The SMILES string of the molecule is CC(NC(=O)c1ccccc1)c1ccnc(Oc2ccnc(C#CCc3ccccc3)c2)c1. The molecular formula is C28H23N3O2. The first-order chi connectivity index (χ1) is 16.2. The third-order valence-electron chi connectivity index (χ3n) is 4.95. The lowest BCUT2D eigenvalue weighted by atomic mass is 10.1. The van der Waals surface area contributed by atoms with Crippen LogP contribution in [-0.4, -0.2) is 15.9 Å². The summed E-state index contributed by atoms with van der Waals surface area (Å²) in [5.74, 6) is 7.12. The van der Waals surface area contributed by atoms with Gasteiger partial charge in [-0.25, -0.2) is 9.97 Å². The normalized spacial score (nSPS) is 11.1. The Labute approximate surface area is 193 Å². The highest BCUT2D eigenvalue weighted by atomic mass is 16.5. The minimum Gasteiger partial charge on any atom is -0.439 e. The van der Waals surface area contributed by atoms with Gasteiger partial charge in [0.25, 0.3) is 5.91 Å². The molecule has 0 saturated heterocycles. The molecule has 162 valence electrons. The number of amides is 1. The predicted octanol–water partition coefficient (Wildman–Crippen LogP) is 5.35. The minimum atomic E-state index is -0.208. The highest BCUT2D eigenvalue weighted by molar-refractivity contribution is 5.94. The van der Waals surface area contributed by atoms with Gasteiger partial charge in [0, 0.05) is 36.5 Å². The maximum atomic E-state index is 12.4. The molecule has 5 nitrogen and oxygen atoms in total. The summed E-state index contributed by atoms with van der Waals surface area (Å²) in [7, 11) is 0. The van der Waals surface area contributed by atoms with E-state index in [4.69, 9.17) is 4.74 Å². The molecule has 0 aliphatic carbocycles. The number of aromatic nitrogens is 2. The second-order valence-electron chi connectivity index (χ2n) is 7.43. The molecule has 1 unspecified atom stereocenters. The zero-order chi connectivity index (χ0) is 22.9. The van der Waals surface area contributed by atoms with Crippen molar-refractivity contribution in [1.82, 2.24) is 15.3 Å². The van der Waals surface area contributed by atoms with Gasteiger partial charge in [0.05, 0.1) is 6.04 Å². The molecule has 1 atom stereocenters. The van der Waals surface area contributed by atoms with Gasteiger partial charge in [-0.2, -0.15) is 0 Å². The molecule has 4 rings (SSSR count). The Morgan fingerprint density at radius 3 is 2.45 bits per heavy atom. The molecule has 1 amide bonds. The third kappa shape index (κ3) is 6.28. The van der Waals surface area contributed by atoms with Gasteiger partial charge in [0.1, 0.15) is 11.4 Å². The topological polar surface area (TPSA) is 64.1 Å². The Kier molecular flexibility index (Phi) is 7.09. The van der Waals surface area contributed by atoms with Crippen molar-refractivity contribution in [1.29, 1.82) is 0 Å². The number of carbonyl (C=O) groups is 1. The van der Waals surface area contributed by atoms with E-state index in [1.165, 1.54) is 0 Å². The van der Waals surface area contributed by atoms with E-state index in [1.54, 1.807) is 36.7 Å². The van der Waals surface area contributed by atoms with Crippen molar-refractivity contribution in [2.45, 2.75) is 19.4 Å². The Bertz CT molecular complexity index is 1280. The smallest absolute Gasteiger partial charge is 0.251 e. The summed E-state index contributed by atoms with van der Waals surface area (Å²) in [5, 5.41) is 3.00. The fourth-order valence-electron chi connectivity index (χ4n) is 3.20. The van der Waals surface area contributed by atoms with Gasteiger partial charge in [-0.15, -0.1) is 0 Å². The number of carbonyl (C=O) groups excluding carboxylic acids is 1. The summed E-state index contributed by atoms with van der Waals surface area (Å²) >= 11 is 0. The Morgan fingerprint density at radius 1 is 0.939 bits per heavy atom. The van der Waals surface area contributed by atoms with Crippen LogP contribution in [0.3, 0.4) is 0 Å². The number of hydrogen-bond donors (Lipinski definition) is 1. The first kappa shape index (κ1) is 21.8. The number of rotatable bonds is 6. The van der Waals surface area contributed by atoms with E-state index in [9.17, 15) is 4.79 Å². The van der Waals surface area contributed by atoms with Crippen molar-refractivity contribution in [3.05, 3.63) is 120 Å². The fourth-order valence-corrected chi connectivity index (χ4v) is 3.20. The lowest BCUT2D eigenvalue weighted by molar-refractivity contribution is 0.0940. The molecule has 2 aromatic heterocycles. The van der Waals surface area contributed by atoms with Crippen molar-refractivity contribution in [2.24, 2.45) is 0 Å². The monoisotopic (exact) mass is 433 g/mol. The maximum absolute atomic E-state index is 12.4. The second-order valence-corrected chi connectivity index (χ2v) is 7.43. The zero-order valence-corrected chi connectivity index (χ0v) is 18.2. The quantitative estimate of drug-likeness (QED) is 0.416. The highest BCUT2D eigenvalue weighted by Crippen LogP contribution is 2.23. The van der Waals surface area contributed by atoms with Crippen LogP contribution in [0.15, 0.2) is 97.3 Å². The lowest BCUT2D eigenvalue weighted by Crippen LogP contribution is -2.26. The van der Waals surface area contributed by atoms with E-state index in [-0.39, 0.29) is 11.9 Å². The van der Waals surface area contributed by atoms with Crippen molar-refractivity contribution >= 4 is 5.91 Å². The van der Waals surface area contributed by atoms with Crippen LogP contribution in [0.25, 0.3) is 0 Å². The molecule has 0 fully saturated rings. The van der Waals surface area contributed by atoms with Gasteiger partial charge >= 0.3 is 0 Å². The summed E-state index contributed by atoms with van der Waals surface area (Å²) < 4.78 is 5.93. The lowest BCUT2D eigenvalue weighted by Gasteiger charge is -2.15. The number of nitrogens with zero attached hydrogens (tertiary/aromatic N) is 2. The average molecular weight is 434 g/mol. The summed E-state index contributed by atoms with van der Waals surface area (Å²) in [5.41, 5.74) is 3.30. The van der Waals surface area contributed by atoms with Crippen molar-refractivity contribution in [2.75, 3.05) is 0 Å². The van der Waals surface area contributed by atoms with E-state index in [1.807, 2.05) is 67.6 Å². The molecule has 33 heavy (non-hydrogen) atoms. The van der Waals surface area contributed by atoms with E-state index in [2.05, 4.69) is 27.1 Å². The molecule has 0 saturated carbocycles. The van der Waals surface area contributed by atoms with Gasteiger partial charge in [-0.1, -0.05) is 54.5 Å². The second kappa shape index (κ2) is 10.7. The van der Waals surface area contributed by atoms with Crippen LogP contribution in [0.4, 0.5) is 0 Å². The van der Waals surface area contributed by atoms with Gasteiger partial charge in [-0.05, 0) is 48.2 Å². The Morgan fingerprint density at radius 2 is 1.67 bits per heavy atom. The van der Waals surface area contributed by atoms with Crippen LogP contribution >= 0.6 is 0 Å². The largest absolute Gasteiger partial charge is 0.439 e. The van der Waals surface area contributed by atoms with E-state index in [0.717, 1.165) is 11.1 Å². The number of benzene rings is 2. The van der Waals surface area contributed by atoms with E-state index < -0.39 is 0 Å². The molecular weight excluding hydrogens is 410 g/mol. The van der Waals surface area contributed by atoms with Crippen LogP contribution in [0.2, 0.25) is 0 Å². The van der Waals surface area contributed by atoms with E-state index in [0.29, 0.717) is 29.3 Å². The number of nitrogens with one attached hydrogen (secondary N) is 1. The first-order valence-electron chi connectivity index (χ1n) is 10.7. The molecule has 1 N–H and O–H groups in total. The molecule has 5 heteroatoms. The maximum Gasteiger partial charge on any atom is 0.251 e. The Hall–Kier alpha value is -4.43. The summed E-state index contributed by atoms with van der Waals surface area (Å²) in [6, 6.07) is 26.2. The van der Waals surface area contributed by atoms with Crippen molar-refractivity contribution in [3.63, 3.8) is 0 Å². The van der Waals surface area contributed by atoms with Gasteiger partial charge in [-0.3, -0.25) is 4.79 Å². The molecule has 4 aromatic rings. The van der Waals surface area contributed by atoms with Crippen LogP contribution in [-0.2, 0) is 6.42 Å². The molecule has 0 aliphatic heterocycles. The third-order valence-corrected chi connectivity index (χ3v) is 4.95. The standard InChI is InChI=1S/C28H23N3O2/c1-21(31-28(32)23-12-6-3-7-13-23)24-15-17-30-27(19-24)33-26-16-18-29-25(20-26)14-8-11-22-9-4-2-5-10-22/h2-7,9-10,12-13,15-21H,11H2,1H3,(H,31,32). The molecule has 0 spiro atoms.